The summed E-state index contributed by atoms with van der Waals surface area (Å²) >= 11 is 0. The number of rotatable bonds is 4. The topological polar surface area (TPSA) is 34.1 Å². The number of aryl methyl sites for hydroxylation is 1. The normalized spacial score (nSPS) is 11.9. The van der Waals surface area contributed by atoms with Crippen LogP contribution in [0, 0.1) is 6.92 Å². The molecule has 0 amide bonds. The molecule has 18 heavy (non-hydrogen) atoms. The molecule has 1 aromatic heterocycles. The van der Waals surface area contributed by atoms with Gasteiger partial charge in [0.15, 0.2) is 0 Å². The van der Waals surface area contributed by atoms with Crippen molar-refractivity contribution in [3.8, 4) is 5.75 Å². The van der Waals surface area contributed by atoms with E-state index >= 15 is 0 Å². The van der Waals surface area contributed by atoms with E-state index in [1.165, 1.54) is 5.56 Å². The van der Waals surface area contributed by atoms with Gasteiger partial charge in [0.25, 0.3) is 0 Å². The van der Waals surface area contributed by atoms with Gasteiger partial charge in [0.05, 0.1) is 7.11 Å². The molecule has 1 atom stereocenters. The van der Waals surface area contributed by atoms with E-state index in [2.05, 4.69) is 36.3 Å². The smallest absolute Gasteiger partial charge is 0.118 e. The number of ether oxygens (including phenoxy) is 1. The molecule has 0 spiro atoms. The van der Waals surface area contributed by atoms with Gasteiger partial charge >= 0.3 is 0 Å². The first-order chi connectivity index (χ1) is 8.70. The first kappa shape index (κ1) is 12.4. The molecule has 1 N–H and O–H groups in total. The molecule has 0 bridgehead atoms. The number of pyridine rings is 1. The third-order valence-electron chi connectivity index (χ3n) is 3.01. The highest BCUT2D eigenvalue weighted by Gasteiger charge is 2.06. The highest BCUT2D eigenvalue weighted by molar-refractivity contribution is 5.50. The highest BCUT2D eigenvalue weighted by Crippen LogP contribution is 2.22. The number of methoxy groups -OCH3 is 1. The van der Waals surface area contributed by atoms with Gasteiger partial charge in [0, 0.05) is 24.1 Å². The zero-order chi connectivity index (χ0) is 13.0. The van der Waals surface area contributed by atoms with Gasteiger partial charge in [-0.2, -0.15) is 0 Å². The number of benzene rings is 1. The number of nitrogens with zero attached hydrogens (tertiary/aromatic N) is 1. The van der Waals surface area contributed by atoms with Gasteiger partial charge in [-0.15, -0.1) is 0 Å². The van der Waals surface area contributed by atoms with Crippen LogP contribution in [0.1, 0.15) is 24.1 Å². The summed E-state index contributed by atoms with van der Waals surface area (Å²) in [7, 11) is 1.68. The Morgan fingerprint density at radius 1 is 1.17 bits per heavy atom. The van der Waals surface area contributed by atoms with Crippen molar-refractivity contribution in [2.75, 3.05) is 12.4 Å². The molecule has 0 fully saturated rings. The Bertz CT molecular complexity index is 508. The van der Waals surface area contributed by atoms with Crippen LogP contribution < -0.4 is 10.1 Å². The van der Waals surface area contributed by atoms with Crippen LogP contribution >= 0.6 is 0 Å². The van der Waals surface area contributed by atoms with Crippen LogP contribution in [-0.2, 0) is 0 Å². The van der Waals surface area contributed by atoms with Gasteiger partial charge < -0.3 is 10.1 Å². The molecule has 0 saturated heterocycles. The summed E-state index contributed by atoms with van der Waals surface area (Å²) in [5.74, 6) is 0.881. The van der Waals surface area contributed by atoms with Crippen LogP contribution in [-0.4, -0.2) is 12.1 Å². The van der Waals surface area contributed by atoms with Crippen molar-refractivity contribution in [1.29, 1.82) is 0 Å². The molecule has 0 radical (unpaired) electrons. The monoisotopic (exact) mass is 242 g/mol. The molecule has 2 aromatic rings. The number of hydrogen-bond acceptors (Lipinski definition) is 3. The molecule has 0 aliphatic carbocycles. The van der Waals surface area contributed by atoms with Gasteiger partial charge in [0.1, 0.15) is 5.75 Å². The summed E-state index contributed by atoms with van der Waals surface area (Å²) in [6.07, 6.45) is 3.67. The molecule has 0 aliphatic rings. The maximum atomic E-state index is 5.16. The fourth-order valence-electron chi connectivity index (χ4n) is 1.84. The van der Waals surface area contributed by atoms with Crippen molar-refractivity contribution < 1.29 is 4.74 Å². The standard InChI is InChI=1S/C15H18N2O/c1-11-10-16-9-8-15(11)17-12(2)13-4-6-14(18-3)7-5-13/h4-10,12H,1-3H3,(H,16,17). The minimum Gasteiger partial charge on any atom is -0.497 e. The van der Waals surface area contributed by atoms with E-state index in [4.69, 9.17) is 4.74 Å². The number of aromatic nitrogens is 1. The lowest BCUT2D eigenvalue weighted by Crippen LogP contribution is -2.07. The van der Waals surface area contributed by atoms with Crippen molar-refractivity contribution in [2.45, 2.75) is 19.9 Å². The molecule has 0 aliphatic heterocycles. The minimum absolute atomic E-state index is 0.247. The second-order valence-corrected chi connectivity index (χ2v) is 4.33. The molecular weight excluding hydrogens is 224 g/mol. The highest BCUT2D eigenvalue weighted by atomic mass is 16.5. The molecule has 3 heteroatoms. The van der Waals surface area contributed by atoms with Crippen molar-refractivity contribution in [2.24, 2.45) is 0 Å². The Labute approximate surface area is 108 Å². The zero-order valence-corrected chi connectivity index (χ0v) is 11.0. The van der Waals surface area contributed by atoms with Crippen LogP contribution in [0.25, 0.3) is 0 Å². The predicted octanol–water partition coefficient (Wildman–Crippen LogP) is 3.57. The molecule has 94 valence electrons. The summed E-state index contributed by atoms with van der Waals surface area (Å²) < 4.78 is 5.16. The first-order valence-electron chi connectivity index (χ1n) is 6.02. The van der Waals surface area contributed by atoms with E-state index in [0.717, 1.165) is 17.0 Å². The average Bonchev–Trinajstić information content (AvgIpc) is 2.41. The summed E-state index contributed by atoms with van der Waals surface area (Å²) in [4.78, 5) is 4.09. The van der Waals surface area contributed by atoms with Crippen LogP contribution in [0.4, 0.5) is 5.69 Å². The summed E-state index contributed by atoms with van der Waals surface area (Å²) in [6, 6.07) is 10.4. The molecule has 1 heterocycles. The summed E-state index contributed by atoms with van der Waals surface area (Å²) in [5, 5.41) is 3.48. The van der Waals surface area contributed by atoms with Gasteiger partial charge in [-0.3, -0.25) is 4.98 Å². The largest absolute Gasteiger partial charge is 0.497 e. The van der Waals surface area contributed by atoms with Crippen LogP contribution in [0.15, 0.2) is 42.7 Å². The third kappa shape index (κ3) is 2.80. The van der Waals surface area contributed by atoms with E-state index in [0.29, 0.717) is 0 Å². The molecule has 1 unspecified atom stereocenters. The van der Waals surface area contributed by atoms with Gasteiger partial charge in [0.2, 0.25) is 0 Å². The van der Waals surface area contributed by atoms with Gasteiger partial charge in [-0.1, -0.05) is 12.1 Å². The SMILES string of the molecule is COc1ccc(C(C)Nc2ccncc2C)cc1. The van der Waals surface area contributed by atoms with E-state index in [-0.39, 0.29) is 6.04 Å². The maximum Gasteiger partial charge on any atom is 0.118 e. The molecule has 3 nitrogen and oxygen atoms in total. The third-order valence-corrected chi connectivity index (χ3v) is 3.01. The molecule has 0 saturated carbocycles. The van der Waals surface area contributed by atoms with Crippen molar-refractivity contribution in [3.63, 3.8) is 0 Å². The van der Waals surface area contributed by atoms with E-state index in [1.807, 2.05) is 24.4 Å². The minimum atomic E-state index is 0.247. The van der Waals surface area contributed by atoms with Crippen LogP contribution in [0.5, 0.6) is 5.75 Å². The number of hydrogen-bond donors (Lipinski definition) is 1. The Balaban J connectivity index is 2.11. The maximum absolute atomic E-state index is 5.16. The fraction of sp³-hybridized carbons (Fsp3) is 0.267. The Morgan fingerprint density at radius 3 is 2.50 bits per heavy atom. The van der Waals surface area contributed by atoms with Crippen LogP contribution in [0.3, 0.4) is 0 Å². The van der Waals surface area contributed by atoms with Crippen molar-refractivity contribution in [3.05, 3.63) is 53.9 Å². The lowest BCUT2D eigenvalue weighted by atomic mass is 10.1. The molecule has 2 rings (SSSR count). The predicted molar refractivity (Wildman–Crippen MR) is 74.0 cm³/mol. The van der Waals surface area contributed by atoms with E-state index in [9.17, 15) is 0 Å². The van der Waals surface area contributed by atoms with E-state index < -0.39 is 0 Å². The lowest BCUT2D eigenvalue weighted by Gasteiger charge is -2.17. The fourth-order valence-corrected chi connectivity index (χ4v) is 1.84. The van der Waals surface area contributed by atoms with E-state index in [1.54, 1.807) is 13.3 Å². The van der Waals surface area contributed by atoms with Gasteiger partial charge in [-0.05, 0) is 43.2 Å². The molecule has 1 aromatic carbocycles. The van der Waals surface area contributed by atoms with Crippen molar-refractivity contribution in [1.82, 2.24) is 4.98 Å². The average molecular weight is 242 g/mol. The van der Waals surface area contributed by atoms with Crippen LogP contribution in [0.2, 0.25) is 0 Å². The zero-order valence-electron chi connectivity index (χ0n) is 11.0. The molecular formula is C15H18N2O. The second-order valence-electron chi connectivity index (χ2n) is 4.33. The Hall–Kier alpha value is -2.03. The summed E-state index contributed by atoms with van der Waals surface area (Å²) in [5.41, 5.74) is 3.50. The Kier molecular flexibility index (Phi) is 3.82. The first-order valence-corrected chi connectivity index (χ1v) is 6.02. The Morgan fingerprint density at radius 2 is 1.89 bits per heavy atom. The number of nitrogens with one attached hydrogen (secondary N) is 1. The van der Waals surface area contributed by atoms with Crippen molar-refractivity contribution >= 4 is 5.69 Å². The van der Waals surface area contributed by atoms with Gasteiger partial charge in [-0.25, -0.2) is 0 Å². The lowest BCUT2D eigenvalue weighted by molar-refractivity contribution is 0.414. The number of anilines is 1. The quantitative estimate of drug-likeness (QED) is 0.890. The summed E-state index contributed by atoms with van der Waals surface area (Å²) in [6.45, 7) is 4.19. The second kappa shape index (κ2) is 5.54.